The molecule has 1 aliphatic rings. The molecule has 0 radical (unpaired) electrons. The van der Waals surface area contributed by atoms with E-state index in [-0.39, 0.29) is 11.8 Å². The van der Waals surface area contributed by atoms with Crippen molar-refractivity contribution in [3.8, 4) is 0 Å². The van der Waals surface area contributed by atoms with Crippen LogP contribution in [0.25, 0.3) is 0 Å². The van der Waals surface area contributed by atoms with Gasteiger partial charge in [0.2, 0.25) is 5.91 Å². The fraction of sp³-hybridized carbons (Fsp3) is 0.316. The van der Waals surface area contributed by atoms with Crippen molar-refractivity contribution in [2.75, 3.05) is 18.4 Å². The molecule has 0 atom stereocenters. The molecule has 2 aromatic carbocycles. The molecule has 1 fully saturated rings. The molecule has 0 spiro atoms. The minimum Gasteiger partial charge on any atom is -0.324 e. The molecule has 0 saturated carbocycles. The van der Waals surface area contributed by atoms with Crippen LogP contribution in [0.4, 0.5) is 5.69 Å². The third-order valence-electron chi connectivity index (χ3n) is 4.64. The first kappa shape index (κ1) is 21.0. The minimum absolute atomic E-state index is 0.0561. The van der Waals surface area contributed by atoms with Crippen LogP contribution in [0, 0.1) is 5.92 Å². The van der Waals surface area contributed by atoms with Crippen molar-refractivity contribution in [1.82, 2.24) is 4.90 Å². The first-order chi connectivity index (χ1) is 12.8. The highest BCUT2D eigenvalue weighted by atomic mass is 35.5. The van der Waals surface area contributed by atoms with Crippen LogP contribution in [0.15, 0.2) is 30.3 Å². The van der Waals surface area contributed by atoms with E-state index in [1.54, 1.807) is 12.1 Å². The number of carbonyl (C=O) groups excluding carboxylic acids is 1. The topological polar surface area (TPSA) is 32.3 Å². The number of nitrogens with one attached hydrogen (secondary N) is 1. The number of halogens is 5. The summed E-state index contributed by atoms with van der Waals surface area (Å²) in [7, 11) is 0. The van der Waals surface area contributed by atoms with Gasteiger partial charge in [-0.3, -0.25) is 9.69 Å². The molecule has 144 valence electrons. The largest absolute Gasteiger partial charge is 0.324 e. The van der Waals surface area contributed by atoms with Gasteiger partial charge >= 0.3 is 0 Å². The molecule has 0 bridgehead atoms. The fourth-order valence-electron chi connectivity index (χ4n) is 3.10. The average Bonchev–Trinajstić information content (AvgIpc) is 2.62. The van der Waals surface area contributed by atoms with E-state index in [1.165, 1.54) is 6.07 Å². The zero-order valence-electron chi connectivity index (χ0n) is 14.2. The summed E-state index contributed by atoms with van der Waals surface area (Å²) >= 11 is 30.3. The van der Waals surface area contributed by atoms with Gasteiger partial charge in [-0.1, -0.05) is 64.1 Å². The average molecular weight is 467 g/mol. The highest BCUT2D eigenvalue weighted by Gasteiger charge is 2.26. The molecule has 0 unspecified atom stereocenters. The van der Waals surface area contributed by atoms with Gasteiger partial charge in [0, 0.05) is 22.5 Å². The van der Waals surface area contributed by atoms with Crippen molar-refractivity contribution < 1.29 is 4.79 Å². The van der Waals surface area contributed by atoms with Crippen molar-refractivity contribution in [1.29, 1.82) is 0 Å². The number of piperidine rings is 1. The second-order valence-corrected chi connectivity index (χ2v) is 8.59. The number of benzene rings is 2. The van der Waals surface area contributed by atoms with Gasteiger partial charge in [0.1, 0.15) is 0 Å². The lowest BCUT2D eigenvalue weighted by Gasteiger charge is -2.31. The van der Waals surface area contributed by atoms with Crippen molar-refractivity contribution in [3.05, 3.63) is 61.0 Å². The van der Waals surface area contributed by atoms with Crippen LogP contribution < -0.4 is 5.32 Å². The standard InChI is InChI=1S/C19H17Cl5N2O/c20-13-2-1-12(14(21)7-13)10-26-5-3-11(4-6-26)19(27)25-18-9-16(23)15(22)8-17(18)24/h1-2,7-9,11H,3-6,10H2,(H,25,27). The van der Waals surface area contributed by atoms with E-state index in [2.05, 4.69) is 10.2 Å². The molecule has 2 aromatic rings. The Kier molecular flexibility index (Phi) is 7.18. The lowest BCUT2D eigenvalue weighted by molar-refractivity contribution is -0.121. The fourth-order valence-corrected chi connectivity index (χ4v) is 4.16. The number of rotatable bonds is 4. The number of carbonyl (C=O) groups is 1. The normalized spacial score (nSPS) is 15.7. The minimum atomic E-state index is -0.0764. The Morgan fingerprint density at radius 2 is 1.59 bits per heavy atom. The summed E-state index contributed by atoms with van der Waals surface area (Å²) in [6.07, 6.45) is 1.52. The van der Waals surface area contributed by atoms with Crippen LogP contribution >= 0.6 is 58.0 Å². The van der Waals surface area contributed by atoms with Crippen molar-refractivity contribution in [3.63, 3.8) is 0 Å². The smallest absolute Gasteiger partial charge is 0.227 e. The SMILES string of the molecule is O=C(Nc1cc(Cl)c(Cl)cc1Cl)C1CCN(Cc2ccc(Cl)cc2Cl)CC1. The number of nitrogens with zero attached hydrogens (tertiary/aromatic N) is 1. The van der Waals surface area contributed by atoms with Crippen LogP contribution in [-0.2, 0) is 11.3 Å². The molecule has 1 N–H and O–H groups in total. The molecule has 27 heavy (non-hydrogen) atoms. The molecule has 1 amide bonds. The van der Waals surface area contributed by atoms with Crippen LogP contribution in [0.5, 0.6) is 0 Å². The molecule has 0 aliphatic carbocycles. The second kappa shape index (κ2) is 9.21. The monoisotopic (exact) mass is 464 g/mol. The summed E-state index contributed by atoms with van der Waals surface area (Å²) in [5.41, 5.74) is 1.51. The van der Waals surface area contributed by atoms with Crippen LogP contribution in [0.3, 0.4) is 0 Å². The number of hydrogen-bond donors (Lipinski definition) is 1. The van der Waals surface area contributed by atoms with Crippen LogP contribution in [-0.4, -0.2) is 23.9 Å². The maximum absolute atomic E-state index is 12.6. The summed E-state index contributed by atoms with van der Waals surface area (Å²) in [5.74, 6) is -0.132. The maximum atomic E-state index is 12.6. The molecule has 1 heterocycles. The van der Waals surface area contributed by atoms with E-state index in [0.29, 0.717) is 30.8 Å². The molecule has 1 saturated heterocycles. The van der Waals surface area contributed by atoms with Gasteiger partial charge < -0.3 is 5.32 Å². The maximum Gasteiger partial charge on any atom is 0.227 e. The summed E-state index contributed by atoms with van der Waals surface area (Å²) in [6.45, 7) is 2.36. The lowest BCUT2D eigenvalue weighted by atomic mass is 9.95. The Labute approximate surface area is 183 Å². The number of anilines is 1. The van der Waals surface area contributed by atoms with Crippen molar-refractivity contribution in [2.24, 2.45) is 5.92 Å². The van der Waals surface area contributed by atoms with Crippen molar-refractivity contribution in [2.45, 2.75) is 19.4 Å². The van der Waals surface area contributed by atoms with Crippen LogP contribution in [0.2, 0.25) is 25.1 Å². The summed E-state index contributed by atoms with van der Waals surface area (Å²) in [5, 5.41) is 5.22. The number of hydrogen-bond acceptors (Lipinski definition) is 2. The quantitative estimate of drug-likeness (QED) is 0.502. The molecule has 3 nitrogen and oxygen atoms in total. The van der Waals surface area contributed by atoms with Gasteiger partial charge in [0.15, 0.2) is 0 Å². The highest BCUT2D eigenvalue weighted by molar-refractivity contribution is 6.44. The summed E-state index contributed by atoms with van der Waals surface area (Å²) in [4.78, 5) is 14.9. The molecule has 1 aliphatic heterocycles. The molecule has 8 heteroatoms. The molecule has 3 rings (SSSR count). The summed E-state index contributed by atoms with van der Waals surface area (Å²) in [6, 6.07) is 8.63. The first-order valence-electron chi connectivity index (χ1n) is 8.45. The van der Waals surface area contributed by atoms with Gasteiger partial charge in [-0.25, -0.2) is 0 Å². The van der Waals surface area contributed by atoms with E-state index in [1.807, 2.05) is 12.1 Å². The van der Waals surface area contributed by atoms with Crippen molar-refractivity contribution >= 4 is 69.6 Å². The Hall–Kier alpha value is -0.680. The van der Waals surface area contributed by atoms with Gasteiger partial charge in [-0.2, -0.15) is 0 Å². The second-order valence-electron chi connectivity index (χ2n) is 6.52. The van der Waals surface area contributed by atoms with Gasteiger partial charge in [-0.05, 0) is 55.8 Å². The zero-order chi connectivity index (χ0) is 19.6. The summed E-state index contributed by atoms with van der Waals surface area (Å²) < 4.78 is 0. The zero-order valence-corrected chi connectivity index (χ0v) is 18.0. The van der Waals surface area contributed by atoms with Gasteiger partial charge in [0.05, 0.1) is 20.8 Å². The Balaban J connectivity index is 1.55. The van der Waals surface area contributed by atoms with E-state index < -0.39 is 0 Å². The molecular weight excluding hydrogens is 449 g/mol. The van der Waals surface area contributed by atoms with Gasteiger partial charge in [0.25, 0.3) is 0 Å². The predicted molar refractivity (Wildman–Crippen MR) is 115 cm³/mol. The number of amides is 1. The van der Waals surface area contributed by atoms with Crippen LogP contribution in [0.1, 0.15) is 18.4 Å². The molecular formula is C19H17Cl5N2O. The van der Waals surface area contributed by atoms with Gasteiger partial charge in [-0.15, -0.1) is 0 Å². The highest BCUT2D eigenvalue weighted by Crippen LogP contribution is 2.33. The third kappa shape index (κ3) is 5.44. The number of likely N-dealkylation sites (tertiary alicyclic amines) is 1. The Morgan fingerprint density at radius 1 is 0.926 bits per heavy atom. The van der Waals surface area contributed by atoms with E-state index in [9.17, 15) is 4.79 Å². The Morgan fingerprint density at radius 3 is 2.26 bits per heavy atom. The predicted octanol–water partition coefficient (Wildman–Crippen LogP) is 6.80. The lowest BCUT2D eigenvalue weighted by Crippen LogP contribution is -2.37. The van der Waals surface area contributed by atoms with E-state index >= 15 is 0 Å². The Bertz CT molecular complexity index is 850. The van der Waals surface area contributed by atoms with E-state index in [4.69, 9.17) is 58.0 Å². The third-order valence-corrected chi connectivity index (χ3v) is 6.26. The molecule has 0 aromatic heterocycles. The van der Waals surface area contributed by atoms with E-state index in [0.717, 1.165) is 38.0 Å². The first-order valence-corrected chi connectivity index (χ1v) is 10.3.